The van der Waals surface area contributed by atoms with Crippen molar-refractivity contribution in [2.24, 2.45) is 0 Å². The summed E-state index contributed by atoms with van der Waals surface area (Å²) in [6, 6.07) is 7.43. The minimum Gasteiger partial charge on any atom is -0.488 e. The molecule has 0 saturated carbocycles. The van der Waals surface area contributed by atoms with Crippen LogP contribution >= 0.6 is 0 Å². The summed E-state index contributed by atoms with van der Waals surface area (Å²) < 4.78 is 33.3. The Labute approximate surface area is 144 Å². The minimum atomic E-state index is -0.370. The molecule has 0 aliphatic rings. The fourth-order valence-electron chi connectivity index (χ4n) is 2.01. The highest BCUT2D eigenvalue weighted by atomic mass is 16.7. The van der Waals surface area contributed by atoms with Crippen LogP contribution in [0.25, 0.3) is 0 Å². The topological polar surface area (TPSA) is 55.4 Å². The molecule has 0 saturated heterocycles. The van der Waals surface area contributed by atoms with E-state index >= 15 is 0 Å². The van der Waals surface area contributed by atoms with Gasteiger partial charge in [0.05, 0.1) is 0 Å². The third-order valence-electron chi connectivity index (χ3n) is 2.99. The predicted molar refractivity (Wildman–Crippen MR) is 91.5 cm³/mol. The van der Waals surface area contributed by atoms with Crippen LogP contribution in [0.1, 0.15) is 27.7 Å². The molecule has 0 radical (unpaired) electrons. The fraction of sp³-hybridized carbons (Fsp3) is 0.667. The SMILES string of the molecule is CCOC(COc1cccc(OCC(OCC)OCC)c1)OCC. The summed E-state index contributed by atoms with van der Waals surface area (Å²) in [5.74, 6) is 1.39. The van der Waals surface area contributed by atoms with Crippen LogP contribution in [-0.2, 0) is 18.9 Å². The minimum absolute atomic E-state index is 0.325. The van der Waals surface area contributed by atoms with E-state index in [1.807, 2.05) is 52.0 Å². The Bertz CT molecular complexity index is 378. The van der Waals surface area contributed by atoms with Crippen LogP contribution in [0.2, 0.25) is 0 Å². The van der Waals surface area contributed by atoms with Gasteiger partial charge < -0.3 is 28.4 Å². The molecule has 1 aromatic carbocycles. The first-order valence-corrected chi connectivity index (χ1v) is 8.55. The Kier molecular flexibility index (Phi) is 11.2. The maximum absolute atomic E-state index is 5.72. The molecule has 0 heterocycles. The maximum atomic E-state index is 5.72. The molecule has 1 aromatic rings. The van der Waals surface area contributed by atoms with E-state index in [0.29, 0.717) is 51.1 Å². The first-order valence-electron chi connectivity index (χ1n) is 8.55. The van der Waals surface area contributed by atoms with E-state index in [1.165, 1.54) is 0 Å². The number of hydrogen-bond acceptors (Lipinski definition) is 6. The molecule has 0 atom stereocenters. The van der Waals surface area contributed by atoms with Crippen molar-refractivity contribution in [3.05, 3.63) is 24.3 Å². The first kappa shape index (κ1) is 20.7. The lowest BCUT2D eigenvalue weighted by Crippen LogP contribution is -2.25. The molecule has 6 nitrogen and oxygen atoms in total. The predicted octanol–water partition coefficient (Wildman–Crippen LogP) is 3.24. The summed E-state index contributed by atoms with van der Waals surface area (Å²) in [6.07, 6.45) is -0.741. The van der Waals surface area contributed by atoms with Crippen molar-refractivity contribution in [1.82, 2.24) is 0 Å². The second-order valence-electron chi connectivity index (χ2n) is 4.78. The lowest BCUT2D eigenvalue weighted by Gasteiger charge is -2.19. The standard InChI is InChI=1S/C18H30O6/c1-5-19-17(20-6-2)13-23-15-10-9-11-16(12-15)24-14-18(21-7-3)22-8-4/h9-12,17-18H,5-8,13-14H2,1-4H3. The van der Waals surface area contributed by atoms with Crippen LogP contribution in [0.3, 0.4) is 0 Å². The Balaban J connectivity index is 2.50. The summed E-state index contributed by atoms with van der Waals surface area (Å²) in [5, 5.41) is 0. The molecule has 0 unspecified atom stereocenters. The zero-order valence-corrected chi connectivity index (χ0v) is 15.2. The van der Waals surface area contributed by atoms with Crippen molar-refractivity contribution in [2.75, 3.05) is 39.6 Å². The van der Waals surface area contributed by atoms with Gasteiger partial charge in [0, 0.05) is 32.5 Å². The molecule has 0 aliphatic carbocycles. The quantitative estimate of drug-likeness (QED) is 0.484. The van der Waals surface area contributed by atoms with E-state index in [4.69, 9.17) is 28.4 Å². The van der Waals surface area contributed by atoms with E-state index in [1.54, 1.807) is 0 Å². The van der Waals surface area contributed by atoms with Crippen molar-refractivity contribution in [3.63, 3.8) is 0 Å². The van der Waals surface area contributed by atoms with Gasteiger partial charge in [0.1, 0.15) is 24.7 Å². The van der Waals surface area contributed by atoms with E-state index in [-0.39, 0.29) is 12.6 Å². The molecule has 0 amide bonds. The molecule has 0 fully saturated rings. The van der Waals surface area contributed by atoms with Crippen molar-refractivity contribution in [2.45, 2.75) is 40.3 Å². The van der Waals surface area contributed by atoms with Gasteiger partial charge >= 0.3 is 0 Å². The van der Waals surface area contributed by atoms with Gasteiger partial charge in [0.25, 0.3) is 0 Å². The van der Waals surface area contributed by atoms with Gasteiger partial charge in [-0.05, 0) is 39.8 Å². The van der Waals surface area contributed by atoms with Crippen LogP contribution in [0, 0.1) is 0 Å². The third-order valence-corrected chi connectivity index (χ3v) is 2.99. The lowest BCUT2D eigenvalue weighted by atomic mass is 10.3. The van der Waals surface area contributed by atoms with Crippen molar-refractivity contribution in [1.29, 1.82) is 0 Å². The molecule has 0 N–H and O–H groups in total. The van der Waals surface area contributed by atoms with Gasteiger partial charge in [-0.3, -0.25) is 0 Å². The van der Waals surface area contributed by atoms with Crippen LogP contribution in [-0.4, -0.2) is 52.2 Å². The Morgan fingerprint density at radius 2 is 1.04 bits per heavy atom. The van der Waals surface area contributed by atoms with Crippen LogP contribution in [0.15, 0.2) is 24.3 Å². The fourth-order valence-corrected chi connectivity index (χ4v) is 2.01. The average molecular weight is 342 g/mol. The van der Waals surface area contributed by atoms with Crippen LogP contribution in [0.5, 0.6) is 11.5 Å². The average Bonchev–Trinajstić information content (AvgIpc) is 2.59. The Morgan fingerprint density at radius 1 is 0.667 bits per heavy atom. The highest BCUT2D eigenvalue weighted by Gasteiger charge is 2.11. The van der Waals surface area contributed by atoms with Gasteiger partial charge in [-0.15, -0.1) is 0 Å². The lowest BCUT2D eigenvalue weighted by molar-refractivity contribution is -0.152. The molecule has 0 aromatic heterocycles. The highest BCUT2D eigenvalue weighted by molar-refractivity contribution is 5.32. The molecule has 1 rings (SSSR count). The normalized spacial score (nSPS) is 11.2. The van der Waals surface area contributed by atoms with Crippen molar-refractivity contribution in [3.8, 4) is 11.5 Å². The summed E-state index contributed by atoms with van der Waals surface area (Å²) >= 11 is 0. The summed E-state index contributed by atoms with van der Waals surface area (Å²) in [6.45, 7) is 10.7. The Morgan fingerprint density at radius 3 is 1.38 bits per heavy atom. The number of ether oxygens (including phenoxy) is 6. The van der Waals surface area contributed by atoms with Gasteiger partial charge in [0.2, 0.25) is 0 Å². The van der Waals surface area contributed by atoms with Crippen molar-refractivity contribution < 1.29 is 28.4 Å². The molecule has 0 aliphatic heterocycles. The zero-order valence-electron chi connectivity index (χ0n) is 15.2. The van der Waals surface area contributed by atoms with E-state index in [2.05, 4.69) is 0 Å². The third kappa shape index (κ3) is 8.49. The van der Waals surface area contributed by atoms with Crippen molar-refractivity contribution >= 4 is 0 Å². The summed E-state index contributed by atoms with van der Waals surface area (Å²) in [4.78, 5) is 0. The molecule has 24 heavy (non-hydrogen) atoms. The van der Waals surface area contributed by atoms with E-state index in [9.17, 15) is 0 Å². The molecular formula is C18H30O6. The number of benzene rings is 1. The van der Waals surface area contributed by atoms with Gasteiger partial charge in [-0.1, -0.05) is 6.07 Å². The summed E-state index contributed by atoms with van der Waals surface area (Å²) in [7, 11) is 0. The molecule has 0 bridgehead atoms. The Hall–Kier alpha value is -1.34. The van der Waals surface area contributed by atoms with Gasteiger partial charge in [-0.25, -0.2) is 0 Å². The second-order valence-corrected chi connectivity index (χ2v) is 4.78. The molecule has 6 heteroatoms. The number of hydrogen-bond donors (Lipinski definition) is 0. The largest absolute Gasteiger partial charge is 0.488 e. The molecule has 0 spiro atoms. The van der Waals surface area contributed by atoms with Gasteiger partial charge in [-0.2, -0.15) is 0 Å². The monoisotopic (exact) mass is 342 g/mol. The zero-order chi connectivity index (χ0) is 17.6. The second kappa shape index (κ2) is 13.0. The first-order chi connectivity index (χ1) is 11.7. The van der Waals surface area contributed by atoms with Crippen LogP contribution in [0.4, 0.5) is 0 Å². The molecular weight excluding hydrogens is 312 g/mol. The smallest absolute Gasteiger partial charge is 0.191 e. The highest BCUT2D eigenvalue weighted by Crippen LogP contribution is 2.20. The van der Waals surface area contributed by atoms with Crippen LogP contribution < -0.4 is 9.47 Å². The van der Waals surface area contributed by atoms with E-state index in [0.717, 1.165) is 0 Å². The number of rotatable bonds is 14. The molecule has 138 valence electrons. The van der Waals surface area contributed by atoms with Gasteiger partial charge in [0.15, 0.2) is 12.6 Å². The maximum Gasteiger partial charge on any atom is 0.191 e. The van der Waals surface area contributed by atoms with E-state index < -0.39 is 0 Å². The summed E-state index contributed by atoms with van der Waals surface area (Å²) in [5.41, 5.74) is 0.